The molecule has 0 saturated carbocycles. The lowest BCUT2D eigenvalue weighted by atomic mass is 10.1. The first-order chi connectivity index (χ1) is 63.0. The molecule has 15 rings (SSSR count). The second kappa shape index (κ2) is 47.9. The summed E-state index contributed by atoms with van der Waals surface area (Å²) in [7, 11) is 0. The van der Waals surface area contributed by atoms with Gasteiger partial charge >= 0.3 is 29.8 Å². The maximum atomic E-state index is 11.0. The van der Waals surface area contributed by atoms with Gasteiger partial charge in [-0.3, -0.25) is 4.79 Å². The Bertz CT molecular complexity index is 6590. The molecule has 25 nitrogen and oxygen atoms in total. The van der Waals surface area contributed by atoms with Gasteiger partial charge in [0.2, 0.25) is 0 Å². The minimum absolute atomic E-state index is 0.0192. The van der Waals surface area contributed by atoms with E-state index >= 15 is 0 Å². The number of aryl methyl sites for hydroxylation is 5. The molecule has 0 fully saturated rings. The van der Waals surface area contributed by atoms with E-state index in [0.717, 1.165) is 192 Å². The summed E-state index contributed by atoms with van der Waals surface area (Å²) >= 11 is 25.3. The number of anilines is 10. The highest BCUT2D eigenvalue weighted by Crippen LogP contribution is 2.39. The van der Waals surface area contributed by atoms with Gasteiger partial charge in [-0.15, -0.1) is 69.8 Å². The first-order valence-corrected chi connectivity index (χ1v) is 49.2. The van der Waals surface area contributed by atoms with Crippen LogP contribution in [0.3, 0.4) is 0 Å². The van der Waals surface area contributed by atoms with Crippen molar-refractivity contribution in [3.05, 3.63) is 310 Å². The van der Waals surface area contributed by atoms with Crippen LogP contribution in [0.4, 0.5) is 57.5 Å². The standard InChI is InChI=1S/C20H20BrN3O2S.C20H18BrN3O2S.C19H16BrN3O2S.C19H18BrN3O2S.C18H16BrN3O2S/c1-3-14-15(4-2)23-20(16-9-10-17(21)27-16)24-19(14)22-13-7-5-12(6-8-13)11-18(25)26;1-3-5-15-16(4-2)23-19(17-10-13(21)11-27-17)24-18(15)22-14-8-6-12(7-9-14)20(25)26;1-3-4-15-11(2)21-18(16-9-13(20)10-26-16)23-17(15)22-14-7-5-12(6-8-14)19(24)25;1-3-14-15(4-2)22-18(16-9-12(20)10-26-16)23-17(14)21-13-7-5-11(6-8-13)19(24)25;1-3-14-10(2)20-17(15-8-12(19)9-25-15)22-16(14)21-13-6-4-11(5-7-13)18(23)24/h5-10H,3-4,11H2,1-2H3,(H,25,26)(H,22,23,24);3,6-11H,1,4-5H2,2H3,(H,25,26)(H,22,23,24);3,5-10H,1,4H2,2H3,(H,24,25)(H,21,22,23);5-10H,3-4H2,1-2H3,(H,24,25)(H,21,22,23);4-9H,3H2,1-2H3,(H,23,24)(H,20,21,22). The number of aromatic carboxylic acids is 4. The highest BCUT2D eigenvalue weighted by Gasteiger charge is 2.23. The molecule has 10 N–H and O–H groups in total. The Morgan fingerprint density at radius 3 is 0.863 bits per heavy atom. The normalized spacial score (nSPS) is 10.7. The number of halogens is 5. The molecule has 35 heteroatoms. The van der Waals surface area contributed by atoms with Gasteiger partial charge in [0.05, 0.1) is 56.8 Å². The van der Waals surface area contributed by atoms with Crippen molar-refractivity contribution in [2.45, 2.75) is 113 Å². The smallest absolute Gasteiger partial charge is 0.335 e. The first-order valence-electron chi connectivity index (χ1n) is 40.9. The number of carboxylic acid groups (broad SMARTS) is 5. The maximum Gasteiger partial charge on any atom is 0.335 e. The number of thiophene rings is 5. The first kappa shape index (κ1) is 99.8. The summed E-state index contributed by atoms with van der Waals surface area (Å²) in [5.74, 6) is 2.51. The van der Waals surface area contributed by atoms with Gasteiger partial charge in [0.1, 0.15) is 29.1 Å². The van der Waals surface area contributed by atoms with Crippen LogP contribution >= 0.6 is 136 Å². The number of allylic oxidation sites excluding steroid dienone is 2. The van der Waals surface area contributed by atoms with Crippen molar-refractivity contribution in [1.82, 2.24) is 49.8 Å². The number of aliphatic carboxylic acids is 1. The summed E-state index contributed by atoms with van der Waals surface area (Å²) in [6.45, 7) is 24.1. The number of hydrogen-bond donors (Lipinski definition) is 10. The molecule has 0 amide bonds. The molecule has 10 aromatic heterocycles. The number of carboxylic acids is 5. The predicted molar refractivity (Wildman–Crippen MR) is 547 cm³/mol. The minimum atomic E-state index is -0.952. The molecule has 0 unspecified atom stereocenters. The molecule has 0 aliphatic carbocycles. The van der Waals surface area contributed by atoms with E-state index in [0.29, 0.717) is 53.6 Å². The van der Waals surface area contributed by atoms with Gasteiger partial charge in [0.25, 0.3) is 0 Å². The maximum absolute atomic E-state index is 11.0. The Balaban J connectivity index is 0.000000158. The van der Waals surface area contributed by atoms with Crippen molar-refractivity contribution in [3.8, 4) is 53.5 Å². The quantitative estimate of drug-likeness (QED) is 0.0180. The fraction of sp³-hybridized carbons (Fsp3) is 0.177. The molecule has 0 radical (unpaired) electrons. The van der Waals surface area contributed by atoms with Crippen molar-refractivity contribution in [3.63, 3.8) is 0 Å². The number of carbonyl (C=O) groups is 5. The Labute approximate surface area is 819 Å². The number of aromatic nitrogens is 10. The minimum Gasteiger partial charge on any atom is -0.481 e. The van der Waals surface area contributed by atoms with Gasteiger partial charge in [0.15, 0.2) is 29.1 Å². The van der Waals surface area contributed by atoms with Crippen LogP contribution < -0.4 is 26.6 Å². The molecule has 0 saturated heterocycles. The number of rotatable bonds is 31. The molecule has 0 spiro atoms. The summed E-state index contributed by atoms with van der Waals surface area (Å²) in [6, 6.07) is 45.8. The van der Waals surface area contributed by atoms with Crippen molar-refractivity contribution >= 4 is 224 Å². The molecule has 131 heavy (non-hydrogen) atoms. The van der Waals surface area contributed by atoms with Gasteiger partial charge < -0.3 is 52.1 Å². The van der Waals surface area contributed by atoms with Crippen molar-refractivity contribution in [2.24, 2.45) is 0 Å². The van der Waals surface area contributed by atoms with Crippen LogP contribution in [0.5, 0.6) is 0 Å². The topological polar surface area (TPSA) is 376 Å². The number of benzene rings is 5. The predicted octanol–water partition coefficient (Wildman–Crippen LogP) is 27.4. The largest absolute Gasteiger partial charge is 0.481 e. The number of nitrogens with one attached hydrogen (secondary N) is 5. The van der Waals surface area contributed by atoms with E-state index in [1.807, 2.05) is 108 Å². The summed E-state index contributed by atoms with van der Waals surface area (Å²) in [5.41, 5.74) is 15.8. The van der Waals surface area contributed by atoms with Crippen LogP contribution in [0.2, 0.25) is 0 Å². The van der Waals surface area contributed by atoms with E-state index in [1.165, 1.54) is 0 Å². The second-order valence-electron chi connectivity index (χ2n) is 28.5. The van der Waals surface area contributed by atoms with Gasteiger partial charge in [-0.25, -0.2) is 69.0 Å². The SMILES string of the molecule is C=CCc1c(C)nc(-c2cc(Br)cs2)nc1Nc1ccc(C(=O)O)cc1.C=CCc1c(CC)nc(-c2cc(Br)cs2)nc1Nc1ccc(C(=O)O)cc1.CCc1c(C)nc(-c2cc(Br)cs2)nc1Nc1ccc(C(=O)O)cc1.CCc1nc(-c2cc(Br)cs2)nc(Nc2ccc(C(=O)O)cc2)c1CC.CCc1nc(-c2ccc(Br)s2)nc(Nc2ccc(CC(=O)O)cc2)c1CC. The molecular weight excluding hydrogens is 2080 g/mol. The zero-order valence-corrected chi connectivity index (χ0v) is 83.9. The molecule has 0 aliphatic rings. The lowest BCUT2D eigenvalue weighted by molar-refractivity contribution is -0.136. The van der Waals surface area contributed by atoms with E-state index in [4.69, 9.17) is 65.4 Å². The molecular formula is C96H88Br5N15O10S5. The third kappa shape index (κ3) is 27.4. The third-order valence-electron chi connectivity index (χ3n) is 19.6. The zero-order chi connectivity index (χ0) is 94.1. The van der Waals surface area contributed by atoms with Gasteiger partial charge in [0, 0.05) is 124 Å². The average molecular weight is 2170 g/mol. The molecule has 15 aromatic rings. The monoisotopic (exact) mass is 2170 g/mol. The highest BCUT2D eigenvalue weighted by atomic mass is 79.9. The number of hydrogen-bond acceptors (Lipinski definition) is 25. The molecule has 0 aliphatic heterocycles. The van der Waals surface area contributed by atoms with E-state index in [2.05, 4.69) is 171 Å². The lowest BCUT2D eigenvalue weighted by Crippen LogP contribution is -2.07. The second-order valence-corrected chi connectivity index (χ2v) is 38.3. The average Bonchev–Trinajstić information content (AvgIpc) is 1.74. The Hall–Kier alpha value is -11.8. The Morgan fingerprint density at radius 1 is 0.328 bits per heavy atom. The van der Waals surface area contributed by atoms with E-state index < -0.39 is 29.8 Å². The van der Waals surface area contributed by atoms with Crippen LogP contribution in [0.1, 0.15) is 145 Å². The lowest BCUT2D eigenvalue weighted by Gasteiger charge is -2.15. The Morgan fingerprint density at radius 2 is 0.595 bits per heavy atom. The molecule has 672 valence electrons. The van der Waals surface area contributed by atoms with Gasteiger partial charge in [-0.05, 0) is 296 Å². The van der Waals surface area contributed by atoms with Crippen LogP contribution in [-0.2, 0) is 62.6 Å². The Kier molecular flexibility index (Phi) is 36.5. The van der Waals surface area contributed by atoms with E-state index in [9.17, 15) is 24.0 Å². The van der Waals surface area contributed by atoms with E-state index in [-0.39, 0.29) is 28.7 Å². The van der Waals surface area contributed by atoms with Crippen LogP contribution in [0, 0.1) is 13.8 Å². The molecule has 5 aromatic carbocycles. The summed E-state index contributed by atoms with van der Waals surface area (Å²) < 4.78 is 5.05. The van der Waals surface area contributed by atoms with Crippen LogP contribution in [0.25, 0.3) is 53.5 Å². The highest BCUT2D eigenvalue weighted by molar-refractivity contribution is 9.11. The van der Waals surface area contributed by atoms with Crippen molar-refractivity contribution in [1.29, 1.82) is 0 Å². The summed E-state index contributed by atoms with van der Waals surface area (Å²) in [5, 5.41) is 69.6. The fourth-order valence-electron chi connectivity index (χ4n) is 13.1. The third-order valence-corrected chi connectivity index (χ3v) is 27.9. The summed E-state index contributed by atoms with van der Waals surface area (Å²) in [4.78, 5) is 107. The molecule has 10 heterocycles. The van der Waals surface area contributed by atoms with Gasteiger partial charge in [-0.1, -0.05) is 65.8 Å². The number of nitrogens with zero attached hydrogens (tertiary/aromatic N) is 10. The van der Waals surface area contributed by atoms with Crippen LogP contribution in [-0.4, -0.2) is 105 Å². The zero-order valence-electron chi connectivity index (χ0n) is 71.9. The van der Waals surface area contributed by atoms with E-state index in [1.54, 1.807) is 154 Å². The van der Waals surface area contributed by atoms with Crippen molar-refractivity contribution < 1.29 is 49.5 Å². The van der Waals surface area contributed by atoms with Gasteiger partial charge in [-0.2, -0.15) is 0 Å². The van der Waals surface area contributed by atoms with Crippen molar-refractivity contribution in [2.75, 3.05) is 26.6 Å². The van der Waals surface area contributed by atoms with Crippen LogP contribution in [0.15, 0.2) is 226 Å². The summed E-state index contributed by atoms with van der Waals surface area (Å²) in [6.07, 6.45) is 9.81. The molecule has 0 atom stereocenters. The fourth-order valence-corrected chi connectivity index (χ4v) is 19.9. The molecule has 0 bridgehead atoms.